The minimum absolute atomic E-state index is 0.126. The van der Waals surface area contributed by atoms with Crippen LogP contribution in [0.25, 0.3) is 0 Å². The Balaban J connectivity index is 2.13. The number of likely N-dealkylation sites (N-methyl/N-ethyl adjacent to an activating group) is 1. The maximum atomic E-state index is 9.40. The van der Waals surface area contributed by atoms with Crippen molar-refractivity contribution in [1.29, 1.82) is 0 Å². The van der Waals surface area contributed by atoms with E-state index in [2.05, 4.69) is 12.2 Å². The number of hydrogen-bond donors (Lipinski definition) is 2. The summed E-state index contributed by atoms with van der Waals surface area (Å²) in [6, 6.07) is 0. The van der Waals surface area contributed by atoms with Gasteiger partial charge < -0.3 is 19.9 Å². The first-order chi connectivity index (χ1) is 8.26. The predicted octanol–water partition coefficient (Wildman–Crippen LogP) is 1.32. The highest BCUT2D eigenvalue weighted by Crippen LogP contribution is 2.17. The lowest BCUT2D eigenvalue weighted by atomic mass is 9.92. The average Bonchev–Trinajstić information content (AvgIpc) is 2.41. The van der Waals surface area contributed by atoms with Crippen LogP contribution in [0, 0.1) is 0 Å². The van der Waals surface area contributed by atoms with E-state index < -0.39 is 0 Å². The fourth-order valence-electron chi connectivity index (χ4n) is 2.25. The molecule has 0 aromatic heterocycles. The molecule has 1 atom stereocenters. The summed E-state index contributed by atoms with van der Waals surface area (Å²) in [5.41, 5.74) is -0.126. The molecule has 0 bridgehead atoms. The van der Waals surface area contributed by atoms with Crippen LogP contribution in [-0.2, 0) is 9.47 Å². The van der Waals surface area contributed by atoms with E-state index >= 15 is 0 Å². The van der Waals surface area contributed by atoms with Gasteiger partial charge in [0.1, 0.15) is 0 Å². The van der Waals surface area contributed by atoms with E-state index in [0.29, 0.717) is 6.10 Å². The molecule has 0 amide bonds. The normalized spacial score (nSPS) is 21.4. The monoisotopic (exact) mass is 245 g/mol. The van der Waals surface area contributed by atoms with Crippen molar-refractivity contribution in [3.05, 3.63) is 0 Å². The smallest absolute Gasteiger partial charge is 0.0619 e. The summed E-state index contributed by atoms with van der Waals surface area (Å²) in [6.45, 7) is 4.74. The molecule has 1 fully saturated rings. The van der Waals surface area contributed by atoms with E-state index in [1.807, 2.05) is 7.05 Å². The van der Waals surface area contributed by atoms with Crippen LogP contribution >= 0.6 is 0 Å². The molecule has 1 aliphatic heterocycles. The van der Waals surface area contributed by atoms with E-state index in [1.165, 1.54) is 0 Å². The van der Waals surface area contributed by atoms with E-state index in [0.717, 1.165) is 51.9 Å². The number of aliphatic hydroxyl groups excluding tert-OH is 1. The van der Waals surface area contributed by atoms with Crippen LogP contribution in [0.1, 0.15) is 39.0 Å². The van der Waals surface area contributed by atoms with Crippen LogP contribution in [0.3, 0.4) is 0 Å². The fraction of sp³-hybridized carbons (Fsp3) is 1.00. The molecule has 4 heteroatoms. The molecule has 102 valence electrons. The van der Waals surface area contributed by atoms with E-state index in [-0.39, 0.29) is 12.1 Å². The summed E-state index contributed by atoms with van der Waals surface area (Å²) in [5, 5.41) is 12.6. The molecule has 0 saturated carbocycles. The van der Waals surface area contributed by atoms with Gasteiger partial charge in [0.25, 0.3) is 0 Å². The first kappa shape index (κ1) is 14.9. The Hall–Kier alpha value is -0.160. The topological polar surface area (TPSA) is 50.7 Å². The Morgan fingerprint density at radius 3 is 2.65 bits per heavy atom. The molecule has 17 heavy (non-hydrogen) atoms. The lowest BCUT2D eigenvalue weighted by Crippen LogP contribution is -2.46. The van der Waals surface area contributed by atoms with Gasteiger partial charge in [-0.1, -0.05) is 6.92 Å². The zero-order valence-electron chi connectivity index (χ0n) is 11.2. The zero-order valence-corrected chi connectivity index (χ0v) is 11.2. The molecule has 4 nitrogen and oxygen atoms in total. The number of rotatable bonds is 8. The Morgan fingerprint density at radius 1 is 1.41 bits per heavy atom. The molecule has 1 rings (SSSR count). The van der Waals surface area contributed by atoms with Crippen molar-refractivity contribution >= 4 is 0 Å². The van der Waals surface area contributed by atoms with Gasteiger partial charge in [-0.05, 0) is 39.2 Å². The molecule has 1 saturated heterocycles. The minimum atomic E-state index is -0.126. The molecule has 1 aliphatic rings. The Labute approximate surface area is 105 Å². The van der Waals surface area contributed by atoms with Crippen LogP contribution in [0.15, 0.2) is 0 Å². The number of hydrogen-bond acceptors (Lipinski definition) is 4. The highest BCUT2D eigenvalue weighted by molar-refractivity contribution is 4.84. The molecular formula is C13H27NO3. The number of nitrogens with one attached hydrogen (secondary N) is 1. The van der Waals surface area contributed by atoms with Crippen molar-refractivity contribution in [3.8, 4) is 0 Å². The summed E-state index contributed by atoms with van der Waals surface area (Å²) >= 11 is 0. The quantitative estimate of drug-likeness (QED) is 0.633. The first-order valence-corrected chi connectivity index (χ1v) is 6.75. The van der Waals surface area contributed by atoms with Gasteiger partial charge in [0.15, 0.2) is 0 Å². The predicted molar refractivity (Wildman–Crippen MR) is 68.2 cm³/mol. The molecule has 2 N–H and O–H groups in total. The van der Waals surface area contributed by atoms with Crippen LogP contribution in [0.5, 0.6) is 0 Å². The highest BCUT2D eigenvalue weighted by Gasteiger charge is 2.24. The third-order valence-electron chi connectivity index (χ3n) is 3.83. The summed E-state index contributed by atoms with van der Waals surface area (Å²) in [4.78, 5) is 0. The Morgan fingerprint density at radius 2 is 2.12 bits per heavy atom. The number of ether oxygens (including phenoxy) is 2. The molecule has 0 aromatic carbocycles. The van der Waals surface area contributed by atoms with E-state index in [4.69, 9.17) is 9.47 Å². The van der Waals surface area contributed by atoms with Crippen LogP contribution < -0.4 is 5.32 Å². The Kier molecular flexibility index (Phi) is 7.04. The van der Waals surface area contributed by atoms with Gasteiger partial charge in [0.2, 0.25) is 0 Å². The summed E-state index contributed by atoms with van der Waals surface area (Å²) in [6.07, 6.45) is 5.31. The largest absolute Gasteiger partial charge is 0.394 e. The molecular weight excluding hydrogens is 218 g/mol. The maximum Gasteiger partial charge on any atom is 0.0619 e. The Bertz CT molecular complexity index is 181. The first-order valence-electron chi connectivity index (χ1n) is 6.75. The second-order valence-electron chi connectivity index (χ2n) is 4.83. The van der Waals surface area contributed by atoms with Gasteiger partial charge in [0, 0.05) is 25.4 Å². The van der Waals surface area contributed by atoms with Crippen molar-refractivity contribution < 1.29 is 14.6 Å². The van der Waals surface area contributed by atoms with Gasteiger partial charge in [-0.25, -0.2) is 0 Å². The summed E-state index contributed by atoms with van der Waals surface area (Å²) < 4.78 is 11.1. The summed E-state index contributed by atoms with van der Waals surface area (Å²) in [5.74, 6) is 0. The lowest BCUT2D eigenvalue weighted by molar-refractivity contribution is -0.0344. The van der Waals surface area contributed by atoms with E-state index in [1.54, 1.807) is 0 Å². The van der Waals surface area contributed by atoms with Crippen molar-refractivity contribution in [2.75, 3.05) is 33.5 Å². The zero-order chi connectivity index (χ0) is 12.6. The highest BCUT2D eigenvalue weighted by atomic mass is 16.5. The fourth-order valence-corrected chi connectivity index (χ4v) is 2.25. The van der Waals surface area contributed by atoms with E-state index in [9.17, 15) is 5.11 Å². The van der Waals surface area contributed by atoms with Gasteiger partial charge in [-0.15, -0.1) is 0 Å². The molecule has 0 aromatic rings. The van der Waals surface area contributed by atoms with Crippen molar-refractivity contribution in [1.82, 2.24) is 5.32 Å². The average molecular weight is 245 g/mol. The van der Waals surface area contributed by atoms with Crippen molar-refractivity contribution in [2.24, 2.45) is 0 Å². The SMILES string of the molecule is CCC(CO)(CCCOC1CCOCC1)NC. The lowest BCUT2D eigenvalue weighted by Gasteiger charge is -2.31. The van der Waals surface area contributed by atoms with Crippen LogP contribution in [0.2, 0.25) is 0 Å². The van der Waals surface area contributed by atoms with Crippen molar-refractivity contribution in [2.45, 2.75) is 50.7 Å². The molecule has 0 spiro atoms. The third-order valence-corrected chi connectivity index (χ3v) is 3.83. The summed E-state index contributed by atoms with van der Waals surface area (Å²) in [7, 11) is 1.92. The van der Waals surface area contributed by atoms with Crippen molar-refractivity contribution in [3.63, 3.8) is 0 Å². The third kappa shape index (κ3) is 4.92. The van der Waals surface area contributed by atoms with Gasteiger partial charge in [-0.3, -0.25) is 0 Å². The second-order valence-corrected chi connectivity index (χ2v) is 4.83. The molecule has 1 unspecified atom stereocenters. The minimum Gasteiger partial charge on any atom is -0.394 e. The number of aliphatic hydroxyl groups is 1. The van der Waals surface area contributed by atoms with Crippen LogP contribution in [-0.4, -0.2) is 50.2 Å². The maximum absolute atomic E-state index is 9.40. The standard InChI is InChI=1S/C13H27NO3/c1-3-13(11-15,14-2)7-4-8-17-12-5-9-16-10-6-12/h12,14-15H,3-11H2,1-2H3. The second kappa shape index (κ2) is 8.03. The van der Waals surface area contributed by atoms with Crippen LogP contribution in [0.4, 0.5) is 0 Å². The molecule has 0 radical (unpaired) electrons. The molecule has 1 heterocycles. The van der Waals surface area contributed by atoms with Gasteiger partial charge in [0.05, 0.1) is 12.7 Å². The molecule has 0 aliphatic carbocycles. The van der Waals surface area contributed by atoms with Gasteiger partial charge in [-0.2, -0.15) is 0 Å². The van der Waals surface area contributed by atoms with Gasteiger partial charge >= 0.3 is 0 Å².